The minimum Gasteiger partial charge on any atom is -0.492 e. The number of ether oxygens (including phenoxy) is 2. The third kappa shape index (κ3) is 3.91. The Morgan fingerprint density at radius 1 is 1.36 bits per heavy atom. The second-order valence-corrected chi connectivity index (χ2v) is 6.14. The third-order valence-electron chi connectivity index (χ3n) is 3.53. The normalized spacial score (nSPS) is 10.7. The molecule has 0 fully saturated rings. The van der Waals surface area contributed by atoms with Crippen LogP contribution in [0.4, 0.5) is 0 Å². The maximum atomic E-state index is 12.4. The lowest BCUT2D eigenvalue weighted by Gasteiger charge is -2.12. The summed E-state index contributed by atoms with van der Waals surface area (Å²) in [4.78, 5) is 12.4. The first-order valence-electron chi connectivity index (χ1n) is 7.61. The topological polar surface area (TPSA) is 76.6 Å². The van der Waals surface area contributed by atoms with Gasteiger partial charge in [-0.1, -0.05) is 0 Å². The number of benzene rings is 1. The number of methoxy groups -OCH3 is 1. The third-order valence-corrected chi connectivity index (χ3v) is 4.12. The van der Waals surface area contributed by atoms with Gasteiger partial charge < -0.3 is 9.47 Å². The minimum absolute atomic E-state index is 0.0914. The number of hydrogen-bond donors (Lipinski definition) is 0. The number of hydrogen-bond acceptors (Lipinski definition) is 5. The summed E-state index contributed by atoms with van der Waals surface area (Å²) in [6.07, 6.45) is 1.54. The summed E-state index contributed by atoms with van der Waals surface area (Å²) in [7, 11) is 1.56. The summed E-state index contributed by atoms with van der Waals surface area (Å²) in [5.74, 6) is 1.17. The number of aryl methyl sites for hydroxylation is 2. The SMILES string of the molecule is CCOc1cc(C=Nn2c(C)cc(C)c(C#N)c2=O)cc(Br)c1OC. The highest BCUT2D eigenvalue weighted by Gasteiger charge is 2.11. The Morgan fingerprint density at radius 3 is 2.68 bits per heavy atom. The van der Waals surface area contributed by atoms with Crippen LogP contribution in [-0.2, 0) is 0 Å². The van der Waals surface area contributed by atoms with Gasteiger partial charge in [0.1, 0.15) is 11.6 Å². The molecule has 0 spiro atoms. The van der Waals surface area contributed by atoms with Crippen LogP contribution in [0.3, 0.4) is 0 Å². The Hall–Kier alpha value is -2.59. The van der Waals surface area contributed by atoms with Gasteiger partial charge in [0.05, 0.1) is 24.4 Å². The Balaban J connectivity index is 2.51. The zero-order chi connectivity index (χ0) is 18.6. The van der Waals surface area contributed by atoms with E-state index in [9.17, 15) is 4.79 Å². The van der Waals surface area contributed by atoms with Gasteiger partial charge in [0, 0.05) is 5.69 Å². The first kappa shape index (κ1) is 18.7. The summed E-state index contributed by atoms with van der Waals surface area (Å²) in [6.45, 7) is 5.87. The Bertz CT molecular complexity index is 927. The highest BCUT2D eigenvalue weighted by atomic mass is 79.9. The molecule has 0 aliphatic heterocycles. The number of pyridine rings is 1. The lowest BCUT2D eigenvalue weighted by molar-refractivity contribution is 0.310. The molecule has 130 valence electrons. The zero-order valence-corrected chi connectivity index (χ0v) is 16.0. The Kier molecular flexibility index (Phi) is 5.99. The first-order valence-corrected chi connectivity index (χ1v) is 8.40. The molecule has 2 rings (SSSR count). The van der Waals surface area contributed by atoms with Crippen LogP contribution in [0.15, 0.2) is 32.6 Å². The average Bonchev–Trinajstić information content (AvgIpc) is 2.55. The van der Waals surface area contributed by atoms with Crippen molar-refractivity contribution in [1.29, 1.82) is 5.26 Å². The van der Waals surface area contributed by atoms with E-state index in [0.29, 0.717) is 33.8 Å². The van der Waals surface area contributed by atoms with Crippen LogP contribution in [0.5, 0.6) is 11.5 Å². The van der Waals surface area contributed by atoms with E-state index >= 15 is 0 Å². The summed E-state index contributed by atoms with van der Waals surface area (Å²) in [5, 5.41) is 13.4. The lowest BCUT2D eigenvalue weighted by Crippen LogP contribution is -2.22. The van der Waals surface area contributed by atoms with Gasteiger partial charge in [-0.05, 0) is 66.0 Å². The van der Waals surface area contributed by atoms with Gasteiger partial charge in [0.15, 0.2) is 11.5 Å². The van der Waals surface area contributed by atoms with Crippen LogP contribution in [0, 0.1) is 25.2 Å². The zero-order valence-electron chi connectivity index (χ0n) is 14.5. The number of aromatic nitrogens is 1. The van der Waals surface area contributed by atoms with E-state index in [-0.39, 0.29) is 5.56 Å². The fraction of sp³-hybridized carbons (Fsp3) is 0.278. The molecule has 0 aliphatic carbocycles. The molecular weight excluding hydrogens is 386 g/mol. The lowest BCUT2D eigenvalue weighted by atomic mass is 10.1. The molecule has 1 heterocycles. The van der Waals surface area contributed by atoms with Crippen LogP contribution < -0.4 is 15.0 Å². The van der Waals surface area contributed by atoms with E-state index in [4.69, 9.17) is 14.7 Å². The van der Waals surface area contributed by atoms with Crippen molar-refractivity contribution in [2.45, 2.75) is 20.8 Å². The smallest absolute Gasteiger partial charge is 0.289 e. The van der Waals surface area contributed by atoms with Crippen molar-refractivity contribution >= 4 is 22.1 Å². The second kappa shape index (κ2) is 7.99. The van der Waals surface area contributed by atoms with Crippen molar-refractivity contribution in [1.82, 2.24) is 4.68 Å². The largest absolute Gasteiger partial charge is 0.492 e. The molecule has 0 radical (unpaired) electrons. The highest BCUT2D eigenvalue weighted by molar-refractivity contribution is 9.10. The molecular formula is C18H18BrN3O3. The average molecular weight is 404 g/mol. The van der Waals surface area contributed by atoms with Crippen molar-refractivity contribution in [2.24, 2.45) is 5.10 Å². The highest BCUT2D eigenvalue weighted by Crippen LogP contribution is 2.36. The van der Waals surface area contributed by atoms with Crippen LogP contribution in [0.1, 0.15) is 29.3 Å². The molecule has 0 amide bonds. The summed E-state index contributed by atoms with van der Waals surface area (Å²) in [5.41, 5.74) is 1.67. The molecule has 1 aromatic heterocycles. The van der Waals surface area contributed by atoms with E-state index in [2.05, 4.69) is 21.0 Å². The molecule has 2 aromatic rings. The number of halogens is 1. The Morgan fingerprint density at radius 2 is 2.08 bits per heavy atom. The van der Waals surface area contributed by atoms with Gasteiger partial charge in [-0.25, -0.2) is 4.68 Å². The quantitative estimate of drug-likeness (QED) is 0.716. The minimum atomic E-state index is -0.436. The van der Waals surface area contributed by atoms with Crippen molar-refractivity contribution in [2.75, 3.05) is 13.7 Å². The summed E-state index contributed by atoms with van der Waals surface area (Å²) >= 11 is 3.44. The monoisotopic (exact) mass is 403 g/mol. The molecule has 0 unspecified atom stereocenters. The van der Waals surface area contributed by atoms with Crippen LogP contribution >= 0.6 is 15.9 Å². The molecule has 0 bridgehead atoms. The van der Waals surface area contributed by atoms with E-state index in [0.717, 1.165) is 5.56 Å². The fourth-order valence-electron chi connectivity index (χ4n) is 2.41. The van der Waals surface area contributed by atoms with Gasteiger partial charge in [-0.15, -0.1) is 0 Å². The van der Waals surface area contributed by atoms with Gasteiger partial charge in [-0.3, -0.25) is 4.79 Å². The molecule has 0 saturated carbocycles. The Labute approximate surface area is 154 Å². The van der Waals surface area contributed by atoms with Crippen LogP contribution in [0.25, 0.3) is 0 Å². The number of nitriles is 1. The van der Waals surface area contributed by atoms with Gasteiger partial charge in [0.25, 0.3) is 5.56 Å². The van der Waals surface area contributed by atoms with Crippen molar-refractivity contribution in [3.05, 3.63) is 55.4 Å². The van der Waals surface area contributed by atoms with Gasteiger partial charge in [0.2, 0.25) is 0 Å². The maximum Gasteiger partial charge on any atom is 0.289 e. The predicted molar refractivity (Wildman–Crippen MR) is 99.7 cm³/mol. The van der Waals surface area contributed by atoms with Gasteiger partial charge >= 0.3 is 0 Å². The summed E-state index contributed by atoms with van der Waals surface area (Å²) in [6, 6.07) is 7.27. The maximum absolute atomic E-state index is 12.4. The molecule has 1 aromatic carbocycles. The predicted octanol–water partition coefficient (Wildman–Crippen LogP) is 3.39. The van der Waals surface area contributed by atoms with Crippen molar-refractivity contribution in [3.63, 3.8) is 0 Å². The van der Waals surface area contributed by atoms with Crippen molar-refractivity contribution < 1.29 is 9.47 Å². The second-order valence-electron chi connectivity index (χ2n) is 5.28. The van der Waals surface area contributed by atoms with Crippen LogP contribution in [-0.4, -0.2) is 24.6 Å². The molecule has 0 saturated heterocycles. The van der Waals surface area contributed by atoms with E-state index in [1.165, 1.54) is 10.9 Å². The van der Waals surface area contributed by atoms with E-state index in [1.54, 1.807) is 33.1 Å². The van der Waals surface area contributed by atoms with Gasteiger partial charge in [-0.2, -0.15) is 10.4 Å². The molecule has 25 heavy (non-hydrogen) atoms. The van der Waals surface area contributed by atoms with Crippen LogP contribution in [0.2, 0.25) is 0 Å². The van der Waals surface area contributed by atoms with E-state index < -0.39 is 5.56 Å². The summed E-state index contributed by atoms with van der Waals surface area (Å²) < 4.78 is 12.8. The molecule has 0 atom stereocenters. The number of rotatable bonds is 5. The van der Waals surface area contributed by atoms with E-state index in [1.807, 2.05) is 19.1 Å². The molecule has 0 N–H and O–H groups in total. The molecule has 6 nitrogen and oxygen atoms in total. The first-order chi connectivity index (χ1) is 11.9. The fourth-order valence-corrected chi connectivity index (χ4v) is 3.03. The van der Waals surface area contributed by atoms with Crippen molar-refractivity contribution in [3.8, 4) is 17.6 Å². The standard InChI is InChI=1S/C18H18BrN3O3/c1-5-25-16-8-13(7-15(19)17(16)24-4)10-21-22-12(3)6-11(2)14(9-20)18(22)23/h6-8,10H,5H2,1-4H3. The molecule has 7 heteroatoms. The molecule has 0 aliphatic rings. The number of nitrogens with zero attached hydrogens (tertiary/aromatic N) is 3.